The summed E-state index contributed by atoms with van der Waals surface area (Å²) in [5, 5.41) is 1.90. The summed E-state index contributed by atoms with van der Waals surface area (Å²) in [6.45, 7) is 0.737. The van der Waals surface area contributed by atoms with Crippen molar-refractivity contribution in [3.05, 3.63) is 28.1 Å². The second-order valence-electron chi connectivity index (χ2n) is 2.87. The molecule has 2 aromatic rings. The van der Waals surface area contributed by atoms with Gasteiger partial charge in [0.2, 0.25) is 0 Å². The normalized spacial score (nSPS) is 10.9. The molecule has 3 nitrogen and oxygen atoms in total. The van der Waals surface area contributed by atoms with Crippen LogP contribution in [0.5, 0.6) is 0 Å². The number of thiophene rings is 1. The van der Waals surface area contributed by atoms with Crippen LogP contribution in [-0.4, -0.2) is 21.6 Å². The van der Waals surface area contributed by atoms with E-state index in [1.54, 1.807) is 22.7 Å². The zero-order valence-electron chi connectivity index (χ0n) is 7.77. The SMILES string of the molecule is CSCCn1cnc2ccsc2c1=O. The van der Waals surface area contributed by atoms with Gasteiger partial charge in [-0.25, -0.2) is 4.98 Å². The molecule has 2 aromatic heterocycles. The summed E-state index contributed by atoms with van der Waals surface area (Å²) < 4.78 is 2.43. The molecule has 2 rings (SSSR count). The number of hydrogen-bond acceptors (Lipinski definition) is 4. The summed E-state index contributed by atoms with van der Waals surface area (Å²) in [7, 11) is 0. The number of aromatic nitrogens is 2. The lowest BCUT2D eigenvalue weighted by Crippen LogP contribution is -2.20. The number of nitrogens with zero attached hydrogens (tertiary/aromatic N) is 2. The molecule has 0 N–H and O–H groups in total. The topological polar surface area (TPSA) is 34.9 Å². The van der Waals surface area contributed by atoms with E-state index in [9.17, 15) is 4.79 Å². The largest absolute Gasteiger partial charge is 0.297 e. The first-order valence-corrected chi connectivity index (χ1v) is 6.52. The Hall–Kier alpha value is -0.810. The van der Waals surface area contributed by atoms with Crippen molar-refractivity contribution in [2.45, 2.75) is 6.54 Å². The molecule has 0 aliphatic carbocycles. The average molecular weight is 226 g/mol. The molecule has 5 heteroatoms. The van der Waals surface area contributed by atoms with Crippen LogP contribution < -0.4 is 5.56 Å². The lowest BCUT2D eigenvalue weighted by Gasteiger charge is -2.02. The Bertz CT molecular complexity index is 489. The van der Waals surface area contributed by atoms with Crippen LogP contribution in [0.25, 0.3) is 10.2 Å². The smallest absolute Gasteiger partial charge is 0.271 e. The fraction of sp³-hybridized carbons (Fsp3) is 0.333. The van der Waals surface area contributed by atoms with Crippen LogP contribution in [-0.2, 0) is 6.54 Å². The Balaban J connectivity index is 2.46. The van der Waals surface area contributed by atoms with E-state index in [4.69, 9.17) is 0 Å². The summed E-state index contributed by atoms with van der Waals surface area (Å²) in [6, 6.07) is 1.88. The van der Waals surface area contributed by atoms with Crippen LogP contribution in [0.3, 0.4) is 0 Å². The Morgan fingerprint density at radius 3 is 3.29 bits per heavy atom. The third-order valence-corrected chi connectivity index (χ3v) is 3.45. The Morgan fingerprint density at radius 1 is 1.64 bits per heavy atom. The molecule has 0 spiro atoms. The molecule has 0 fully saturated rings. The van der Waals surface area contributed by atoms with Crippen molar-refractivity contribution < 1.29 is 0 Å². The molecule has 74 valence electrons. The van der Waals surface area contributed by atoms with E-state index in [0.29, 0.717) is 0 Å². The van der Waals surface area contributed by atoms with Gasteiger partial charge in [-0.15, -0.1) is 11.3 Å². The zero-order valence-corrected chi connectivity index (χ0v) is 9.40. The van der Waals surface area contributed by atoms with Crippen molar-refractivity contribution in [3.8, 4) is 0 Å². The number of rotatable bonds is 3. The molecular formula is C9H10N2OS2. The van der Waals surface area contributed by atoms with Gasteiger partial charge >= 0.3 is 0 Å². The number of hydrogen-bond donors (Lipinski definition) is 0. The van der Waals surface area contributed by atoms with Crippen LogP contribution in [0, 0.1) is 0 Å². The molecule has 2 heterocycles. The minimum absolute atomic E-state index is 0.0825. The quantitative estimate of drug-likeness (QED) is 0.800. The summed E-state index contributed by atoms with van der Waals surface area (Å²) in [4.78, 5) is 16.0. The summed E-state index contributed by atoms with van der Waals surface area (Å²) in [6.07, 6.45) is 3.66. The first-order valence-electron chi connectivity index (χ1n) is 4.24. The van der Waals surface area contributed by atoms with Crippen LogP contribution in [0.1, 0.15) is 0 Å². The monoisotopic (exact) mass is 226 g/mol. The highest BCUT2D eigenvalue weighted by Crippen LogP contribution is 2.13. The minimum Gasteiger partial charge on any atom is -0.297 e. The van der Waals surface area contributed by atoms with Gasteiger partial charge in [0, 0.05) is 12.3 Å². The molecule has 0 saturated carbocycles. The highest BCUT2D eigenvalue weighted by atomic mass is 32.2. The van der Waals surface area contributed by atoms with E-state index in [2.05, 4.69) is 4.98 Å². The van der Waals surface area contributed by atoms with E-state index < -0.39 is 0 Å². The molecule has 0 unspecified atom stereocenters. The van der Waals surface area contributed by atoms with Crippen molar-refractivity contribution in [2.75, 3.05) is 12.0 Å². The van der Waals surface area contributed by atoms with Gasteiger partial charge in [0.25, 0.3) is 5.56 Å². The first kappa shape index (κ1) is 9.73. The Morgan fingerprint density at radius 2 is 2.50 bits per heavy atom. The second-order valence-corrected chi connectivity index (χ2v) is 4.77. The van der Waals surface area contributed by atoms with E-state index >= 15 is 0 Å². The maximum absolute atomic E-state index is 11.8. The fourth-order valence-electron chi connectivity index (χ4n) is 1.23. The highest BCUT2D eigenvalue weighted by molar-refractivity contribution is 7.98. The third-order valence-electron chi connectivity index (χ3n) is 1.97. The van der Waals surface area contributed by atoms with Crippen molar-refractivity contribution >= 4 is 33.3 Å². The van der Waals surface area contributed by atoms with Crippen LogP contribution in [0.15, 0.2) is 22.6 Å². The molecule has 0 aromatic carbocycles. The molecule has 0 aliphatic rings. The molecule has 0 aliphatic heterocycles. The Labute approximate surface area is 89.8 Å². The number of thioether (sulfide) groups is 1. The molecule has 0 amide bonds. The van der Waals surface area contributed by atoms with E-state index in [0.717, 1.165) is 22.5 Å². The average Bonchev–Trinajstić information content (AvgIpc) is 2.66. The summed E-state index contributed by atoms with van der Waals surface area (Å²) in [5.74, 6) is 0.943. The van der Waals surface area contributed by atoms with Crippen molar-refractivity contribution in [3.63, 3.8) is 0 Å². The van der Waals surface area contributed by atoms with Crippen LogP contribution in [0.2, 0.25) is 0 Å². The molecule has 0 saturated heterocycles. The van der Waals surface area contributed by atoms with Crippen molar-refractivity contribution in [2.24, 2.45) is 0 Å². The van der Waals surface area contributed by atoms with Gasteiger partial charge in [0.05, 0.1) is 11.8 Å². The predicted octanol–water partition coefficient (Wildman–Crippen LogP) is 1.82. The third kappa shape index (κ3) is 1.69. The van der Waals surface area contributed by atoms with Crippen LogP contribution in [0.4, 0.5) is 0 Å². The molecule has 0 bridgehead atoms. The fourth-order valence-corrected chi connectivity index (χ4v) is 2.40. The van der Waals surface area contributed by atoms with Crippen molar-refractivity contribution in [1.82, 2.24) is 9.55 Å². The van der Waals surface area contributed by atoms with E-state index in [1.165, 1.54) is 11.3 Å². The lowest BCUT2D eigenvalue weighted by molar-refractivity contribution is 0.727. The number of fused-ring (bicyclic) bond motifs is 1. The Kier molecular flexibility index (Phi) is 2.88. The van der Waals surface area contributed by atoms with Gasteiger partial charge in [0.1, 0.15) is 4.70 Å². The minimum atomic E-state index is 0.0825. The highest BCUT2D eigenvalue weighted by Gasteiger charge is 2.03. The van der Waals surface area contributed by atoms with E-state index in [-0.39, 0.29) is 5.56 Å². The zero-order chi connectivity index (χ0) is 9.97. The maximum atomic E-state index is 11.8. The van der Waals surface area contributed by atoms with Crippen molar-refractivity contribution in [1.29, 1.82) is 0 Å². The van der Waals surface area contributed by atoms with Gasteiger partial charge in [-0.3, -0.25) is 9.36 Å². The van der Waals surface area contributed by atoms with Gasteiger partial charge in [-0.1, -0.05) is 0 Å². The van der Waals surface area contributed by atoms with E-state index in [1.807, 2.05) is 17.7 Å². The maximum Gasteiger partial charge on any atom is 0.271 e. The second kappa shape index (κ2) is 4.14. The summed E-state index contributed by atoms with van der Waals surface area (Å²) in [5.41, 5.74) is 0.888. The predicted molar refractivity (Wildman–Crippen MR) is 62.3 cm³/mol. The van der Waals surface area contributed by atoms with Gasteiger partial charge in [-0.2, -0.15) is 11.8 Å². The number of aryl methyl sites for hydroxylation is 1. The molecule has 14 heavy (non-hydrogen) atoms. The first-order chi connectivity index (χ1) is 6.83. The van der Waals surface area contributed by atoms with Gasteiger partial charge < -0.3 is 0 Å². The standard InChI is InChI=1S/C9H10N2OS2/c1-13-5-3-11-6-10-7-2-4-14-8(7)9(11)12/h2,4,6H,3,5H2,1H3. The van der Waals surface area contributed by atoms with Crippen LogP contribution >= 0.6 is 23.1 Å². The van der Waals surface area contributed by atoms with Gasteiger partial charge in [-0.05, 0) is 17.7 Å². The molecule has 0 atom stereocenters. The molecule has 0 radical (unpaired) electrons. The lowest BCUT2D eigenvalue weighted by atomic mass is 10.5. The van der Waals surface area contributed by atoms with Gasteiger partial charge in [0.15, 0.2) is 0 Å². The molecular weight excluding hydrogens is 216 g/mol. The summed E-state index contributed by atoms with van der Waals surface area (Å²) >= 11 is 3.19.